The first kappa shape index (κ1) is 11.0. The van der Waals surface area contributed by atoms with Crippen molar-refractivity contribution < 1.29 is 0 Å². The third kappa shape index (κ3) is 1.88. The maximum Gasteiger partial charge on any atom is 0.224 e. The highest BCUT2D eigenvalue weighted by molar-refractivity contribution is 9.10. The smallest absolute Gasteiger partial charge is 0.224 e. The highest BCUT2D eigenvalue weighted by atomic mass is 79.9. The Kier molecular flexibility index (Phi) is 2.60. The zero-order valence-electron chi connectivity index (χ0n) is 9.18. The molecule has 0 aliphatic rings. The van der Waals surface area contributed by atoms with Gasteiger partial charge in [0, 0.05) is 4.47 Å². The Morgan fingerprint density at radius 2 is 2.06 bits per heavy atom. The minimum Gasteiger partial charge on any atom is -0.368 e. The van der Waals surface area contributed by atoms with Crippen LogP contribution in [0.4, 0.5) is 17.5 Å². The van der Waals surface area contributed by atoms with E-state index in [1.807, 2.05) is 24.3 Å². The largest absolute Gasteiger partial charge is 0.368 e. The number of para-hydroxylation sites is 1. The van der Waals surface area contributed by atoms with Gasteiger partial charge in [0.25, 0.3) is 0 Å². The van der Waals surface area contributed by atoms with Gasteiger partial charge in [0.2, 0.25) is 5.95 Å². The van der Waals surface area contributed by atoms with Crippen molar-refractivity contribution in [1.82, 2.24) is 19.9 Å². The third-order valence-corrected chi connectivity index (χ3v) is 3.12. The van der Waals surface area contributed by atoms with Crippen molar-refractivity contribution in [3.63, 3.8) is 0 Å². The summed E-state index contributed by atoms with van der Waals surface area (Å²) in [6, 6.07) is 7.75. The lowest BCUT2D eigenvalue weighted by molar-refractivity contribution is 1.21. The van der Waals surface area contributed by atoms with Crippen LogP contribution in [0.3, 0.4) is 0 Å². The highest BCUT2D eigenvalue weighted by Gasteiger charge is 2.09. The number of anilines is 3. The number of nitrogens with one attached hydrogen (secondary N) is 2. The van der Waals surface area contributed by atoms with Crippen LogP contribution in [0, 0.1) is 0 Å². The van der Waals surface area contributed by atoms with E-state index in [1.54, 1.807) is 6.33 Å². The molecule has 1 aromatic carbocycles. The molecule has 3 aromatic rings. The second-order valence-electron chi connectivity index (χ2n) is 3.64. The number of hydrogen-bond acceptors (Lipinski definition) is 5. The molecular weight excluding hydrogens is 296 g/mol. The lowest BCUT2D eigenvalue weighted by Crippen LogP contribution is -2.01. The Hall–Kier alpha value is -2.15. The first-order valence-corrected chi connectivity index (χ1v) is 6.01. The van der Waals surface area contributed by atoms with E-state index in [2.05, 4.69) is 41.2 Å². The molecule has 0 amide bonds. The topological polar surface area (TPSA) is 92.5 Å². The molecule has 0 radical (unpaired) electrons. The van der Waals surface area contributed by atoms with Crippen LogP contribution < -0.4 is 11.1 Å². The molecular formula is C11H9BrN6. The minimum absolute atomic E-state index is 0.184. The standard InChI is InChI=1S/C11H9BrN6/c12-6-3-1-2-4-7(6)16-10-8-9(15-5-14-8)17-11(13)18-10/h1-5H,(H4,13,14,15,16,17,18). The van der Waals surface area contributed by atoms with E-state index in [1.165, 1.54) is 0 Å². The number of imidazole rings is 1. The molecule has 0 aliphatic heterocycles. The molecule has 90 valence electrons. The fourth-order valence-electron chi connectivity index (χ4n) is 1.63. The van der Waals surface area contributed by atoms with E-state index in [9.17, 15) is 0 Å². The second kappa shape index (κ2) is 4.26. The summed E-state index contributed by atoms with van der Waals surface area (Å²) >= 11 is 3.46. The molecule has 18 heavy (non-hydrogen) atoms. The van der Waals surface area contributed by atoms with Crippen molar-refractivity contribution in [2.75, 3.05) is 11.1 Å². The quantitative estimate of drug-likeness (QED) is 0.676. The number of aromatic amines is 1. The van der Waals surface area contributed by atoms with Crippen molar-refractivity contribution in [2.24, 2.45) is 0 Å². The molecule has 3 rings (SSSR count). The van der Waals surface area contributed by atoms with Gasteiger partial charge in [0.15, 0.2) is 11.5 Å². The number of rotatable bonds is 2. The van der Waals surface area contributed by atoms with Gasteiger partial charge in [-0.05, 0) is 28.1 Å². The van der Waals surface area contributed by atoms with Gasteiger partial charge in [-0.1, -0.05) is 12.1 Å². The van der Waals surface area contributed by atoms with E-state index in [0.29, 0.717) is 11.5 Å². The van der Waals surface area contributed by atoms with Crippen LogP contribution in [0.15, 0.2) is 35.1 Å². The van der Waals surface area contributed by atoms with Crippen LogP contribution in [0.5, 0.6) is 0 Å². The molecule has 7 heteroatoms. The normalized spacial score (nSPS) is 10.7. The molecule has 0 spiro atoms. The monoisotopic (exact) mass is 304 g/mol. The Labute approximate surface area is 111 Å². The second-order valence-corrected chi connectivity index (χ2v) is 4.49. The van der Waals surface area contributed by atoms with Crippen molar-refractivity contribution in [2.45, 2.75) is 0 Å². The zero-order chi connectivity index (χ0) is 12.5. The summed E-state index contributed by atoms with van der Waals surface area (Å²) in [5, 5.41) is 3.19. The van der Waals surface area contributed by atoms with E-state index in [0.717, 1.165) is 15.7 Å². The lowest BCUT2D eigenvalue weighted by Gasteiger charge is -2.08. The molecule has 0 bridgehead atoms. The molecule has 0 unspecified atom stereocenters. The number of halogens is 1. The van der Waals surface area contributed by atoms with E-state index < -0.39 is 0 Å². The Bertz CT molecular complexity index is 708. The molecule has 0 fully saturated rings. The number of hydrogen-bond donors (Lipinski definition) is 3. The molecule has 0 saturated heterocycles. The van der Waals surface area contributed by atoms with Gasteiger partial charge >= 0.3 is 0 Å². The molecule has 0 aliphatic carbocycles. The van der Waals surface area contributed by atoms with E-state index in [-0.39, 0.29) is 5.95 Å². The number of nitrogens with two attached hydrogens (primary N) is 1. The summed E-state index contributed by atoms with van der Waals surface area (Å²) < 4.78 is 0.940. The summed E-state index contributed by atoms with van der Waals surface area (Å²) in [6.07, 6.45) is 1.56. The maximum absolute atomic E-state index is 5.65. The molecule has 2 aromatic heterocycles. The Balaban J connectivity index is 2.10. The van der Waals surface area contributed by atoms with Crippen molar-refractivity contribution in [3.05, 3.63) is 35.1 Å². The third-order valence-electron chi connectivity index (χ3n) is 2.43. The van der Waals surface area contributed by atoms with Crippen molar-refractivity contribution in [1.29, 1.82) is 0 Å². The first-order valence-electron chi connectivity index (χ1n) is 5.22. The predicted molar refractivity (Wildman–Crippen MR) is 73.5 cm³/mol. The Morgan fingerprint density at radius 1 is 1.22 bits per heavy atom. The van der Waals surface area contributed by atoms with Gasteiger partial charge in [-0.15, -0.1) is 0 Å². The minimum atomic E-state index is 0.184. The average Bonchev–Trinajstić information content (AvgIpc) is 2.80. The molecule has 2 heterocycles. The van der Waals surface area contributed by atoms with Crippen LogP contribution in [0.1, 0.15) is 0 Å². The van der Waals surface area contributed by atoms with E-state index in [4.69, 9.17) is 5.73 Å². The van der Waals surface area contributed by atoms with Gasteiger partial charge in [-0.2, -0.15) is 9.97 Å². The first-order chi connectivity index (χ1) is 8.74. The van der Waals surface area contributed by atoms with Gasteiger partial charge in [-0.25, -0.2) is 4.98 Å². The van der Waals surface area contributed by atoms with E-state index >= 15 is 0 Å². The van der Waals surface area contributed by atoms with Gasteiger partial charge in [-0.3, -0.25) is 0 Å². The number of fused-ring (bicyclic) bond motifs is 1. The van der Waals surface area contributed by atoms with Crippen LogP contribution in [-0.2, 0) is 0 Å². The zero-order valence-corrected chi connectivity index (χ0v) is 10.8. The molecule has 6 nitrogen and oxygen atoms in total. The predicted octanol–water partition coefficient (Wildman–Crippen LogP) is 2.44. The number of nitrogen functional groups attached to an aromatic ring is 1. The number of H-pyrrole nitrogens is 1. The number of benzene rings is 1. The van der Waals surface area contributed by atoms with Gasteiger partial charge < -0.3 is 16.0 Å². The summed E-state index contributed by atoms with van der Waals surface area (Å²) in [5.74, 6) is 0.783. The Morgan fingerprint density at radius 3 is 2.89 bits per heavy atom. The summed E-state index contributed by atoms with van der Waals surface area (Å²) in [6.45, 7) is 0. The maximum atomic E-state index is 5.65. The molecule has 4 N–H and O–H groups in total. The molecule has 0 saturated carbocycles. The van der Waals surface area contributed by atoms with Crippen LogP contribution in [-0.4, -0.2) is 19.9 Å². The fraction of sp³-hybridized carbons (Fsp3) is 0. The molecule has 0 atom stereocenters. The number of aromatic nitrogens is 4. The average molecular weight is 305 g/mol. The SMILES string of the molecule is Nc1nc(Nc2ccccc2Br)c2[nH]cnc2n1. The van der Waals surface area contributed by atoms with Crippen LogP contribution in [0.2, 0.25) is 0 Å². The van der Waals surface area contributed by atoms with Gasteiger partial charge in [0.1, 0.15) is 5.52 Å². The number of nitrogens with zero attached hydrogens (tertiary/aromatic N) is 3. The van der Waals surface area contributed by atoms with Crippen LogP contribution in [0.25, 0.3) is 11.2 Å². The van der Waals surface area contributed by atoms with Crippen molar-refractivity contribution >= 4 is 44.5 Å². The van der Waals surface area contributed by atoms with Crippen LogP contribution >= 0.6 is 15.9 Å². The summed E-state index contributed by atoms with van der Waals surface area (Å²) in [4.78, 5) is 15.3. The van der Waals surface area contributed by atoms with Gasteiger partial charge in [0.05, 0.1) is 12.0 Å². The lowest BCUT2D eigenvalue weighted by atomic mass is 10.3. The summed E-state index contributed by atoms with van der Waals surface area (Å²) in [7, 11) is 0. The highest BCUT2D eigenvalue weighted by Crippen LogP contribution is 2.27. The summed E-state index contributed by atoms with van der Waals surface area (Å²) in [5.41, 5.74) is 7.80. The van der Waals surface area contributed by atoms with Crippen molar-refractivity contribution in [3.8, 4) is 0 Å². The fourth-order valence-corrected chi connectivity index (χ4v) is 2.01.